The van der Waals surface area contributed by atoms with Gasteiger partial charge < -0.3 is 15.9 Å². The van der Waals surface area contributed by atoms with Gasteiger partial charge in [0.2, 0.25) is 0 Å². The Labute approximate surface area is 73.7 Å². The molecule has 0 spiro atoms. The molecule has 1 heterocycles. The molecular weight excluding hydrogens is 174 g/mol. The fraction of sp³-hybridized carbons (Fsp3) is 0.429. The SMILES string of the molecule is [NH3+]C(CCc1c[nH][nH]c1=O)C(=O)O. The van der Waals surface area contributed by atoms with E-state index in [0.717, 1.165) is 0 Å². The molecule has 0 saturated heterocycles. The zero-order chi connectivity index (χ0) is 9.84. The maximum absolute atomic E-state index is 10.9. The Balaban J connectivity index is 2.48. The highest BCUT2D eigenvalue weighted by Crippen LogP contribution is 1.96. The van der Waals surface area contributed by atoms with Gasteiger partial charge in [0.25, 0.3) is 5.56 Å². The van der Waals surface area contributed by atoms with E-state index in [1.165, 1.54) is 6.20 Å². The van der Waals surface area contributed by atoms with E-state index >= 15 is 0 Å². The van der Waals surface area contributed by atoms with Gasteiger partial charge in [-0.2, -0.15) is 0 Å². The monoisotopic (exact) mass is 186 g/mol. The number of aromatic amines is 2. The van der Waals surface area contributed by atoms with Gasteiger partial charge in [0.1, 0.15) is 0 Å². The molecular formula is C7H12N3O3+. The van der Waals surface area contributed by atoms with E-state index in [0.29, 0.717) is 18.4 Å². The van der Waals surface area contributed by atoms with Crippen LogP contribution in [-0.2, 0) is 11.2 Å². The van der Waals surface area contributed by atoms with Crippen LogP contribution in [-0.4, -0.2) is 27.3 Å². The summed E-state index contributed by atoms with van der Waals surface area (Å²) < 4.78 is 0. The summed E-state index contributed by atoms with van der Waals surface area (Å²) in [5.41, 5.74) is 3.81. The number of aryl methyl sites for hydroxylation is 1. The van der Waals surface area contributed by atoms with Gasteiger partial charge in [0.15, 0.2) is 6.04 Å². The van der Waals surface area contributed by atoms with Gasteiger partial charge in [-0.3, -0.25) is 9.89 Å². The van der Waals surface area contributed by atoms with Crippen molar-refractivity contribution in [2.24, 2.45) is 0 Å². The molecule has 72 valence electrons. The summed E-state index contributed by atoms with van der Waals surface area (Å²) in [4.78, 5) is 21.3. The summed E-state index contributed by atoms with van der Waals surface area (Å²) in [6.45, 7) is 0. The molecule has 0 aliphatic carbocycles. The molecule has 0 radical (unpaired) electrons. The second kappa shape index (κ2) is 3.90. The molecule has 0 aliphatic rings. The highest BCUT2D eigenvalue weighted by Gasteiger charge is 2.15. The average molecular weight is 186 g/mol. The van der Waals surface area contributed by atoms with Crippen LogP contribution in [0.15, 0.2) is 11.0 Å². The lowest BCUT2D eigenvalue weighted by molar-refractivity contribution is -0.408. The number of aromatic nitrogens is 2. The smallest absolute Gasteiger partial charge is 0.362 e. The highest BCUT2D eigenvalue weighted by atomic mass is 16.4. The minimum atomic E-state index is -0.938. The van der Waals surface area contributed by atoms with Crippen molar-refractivity contribution in [3.05, 3.63) is 22.1 Å². The van der Waals surface area contributed by atoms with E-state index in [1.54, 1.807) is 0 Å². The van der Waals surface area contributed by atoms with Crippen molar-refractivity contribution in [3.63, 3.8) is 0 Å². The van der Waals surface area contributed by atoms with Gasteiger partial charge in [-0.1, -0.05) is 0 Å². The van der Waals surface area contributed by atoms with E-state index in [2.05, 4.69) is 15.9 Å². The van der Waals surface area contributed by atoms with Crippen LogP contribution in [0.2, 0.25) is 0 Å². The summed E-state index contributed by atoms with van der Waals surface area (Å²) in [6, 6.07) is -0.658. The zero-order valence-electron chi connectivity index (χ0n) is 7.04. The molecule has 0 aromatic carbocycles. The van der Waals surface area contributed by atoms with Crippen molar-refractivity contribution in [1.82, 2.24) is 10.2 Å². The maximum atomic E-state index is 10.9. The largest absolute Gasteiger partial charge is 0.477 e. The summed E-state index contributed by atoms with van der Waals surface area (Å²) in [5, 5.41) is 13.4. The summed E-state index contributed by atoms with van der Waals surface area (Å²) in [7, 11) is 0. The first-order valence-corrected chi connectivity index (χ1v) is 3.92. The van der Waals surface area contributed by atoms with Crippen LogP contribution in [0.1, 0.15) is 12.0 Å². The summed E-state index contributed by atoms with van der Waals surface area (Å²) in [5.74, 6) is -0.938. The number of H-pyrrole nitrogens is 2. The van der Waals surface area contributed by atoms with Gasteiger partial charge in [0.05, 0.1) is 0 Å². The molecule has 0 fully saturated rings. The van der Waals surface area contributed by atoms with Crippen LogP contribution in [0.4, 0.5) is 0 Å². The number of rotatable bonds is 4. The summed E-state index contributed by atoms with van der Waals surface area (Å²) >= 11 is 0. The van der Waals surface area contributed by atoms with Gasteiger partial charge >= 0.3 is 5.97 Å². The van der Waals surface area contributed by atoms with Crippen LogP contribution in [0.5, 0.6) is 0 Å². The minimum absolute atomic E-state index is 0.197. The predicted octanol–water partition coefficient (Wildman–Crippen LogP) is -1.67. The van der Waals surface area contributed by atoms with E-state index in [4.69, 9.17) is 5.11 Å². The third-order valence-electron chi connectivity index (χ3n) is 1.84. The second-order valence-electron chi connectivity index (χ2n) is 2.84. The molecule has 6 nitrogen and oxygen atoms in total. The number of nitrogens with one attached hydrogen (secondary N) is 2. The van der Waals surface area contributed by atoms with Crippen LogP contribution in [0.25, 0.3) is 0 Å². The Morgan fingerprint density at radius 3 is 2.85 bits per heavy atom. The van der Waals surface area contributed by atoms with Crippen molar-refractivity contribution in [3.8, 4) is 0 Å². The number of aliphatic carboxylic acids is 1. The highest BCUT2D eigenvalue weighted by molar-refractivity contribution is 5.71. The standard InChI is InChI=1S/C7H11N3O3/c8-5(7(12)13)2-1-4-3-9-10-6(4)11/h3,5H,1-2,8H2,(H,12,13)(H2,9,10,11)/p+1. The minimum Gasteiger partial charge on any atom is -0.477 e. The van der Waals surface area contributed by atoms with Crippen molar-refractivity contribution in [2.45, 2.75) is 18.9 Å². The first-order valence-electron chi connectivity index (χ1n) is 3.92. The van der Waals surface area contributed by atoms with Gasteiger partial charge in [-0.15, -0.1) is 0 Å². The fourth-order valence-corrected chi connectivity index (χ4v) is 0.973. The molecule has 0 bridgehead atoms. The van der Waals surface area contributed by atoms with Crippen LogP contribution in [0.3, 0.4) is 0 Å². The zero-order valence-corrected chi connectivity index (χ0v) is 7.04. The second-order valence-corrected chi connectivity index (χ2v) is 2.84. The fourth-order valence-electron chi connectivity index (χ4n) is 0.973. The Morgan fingerprint density at radius 2 is 2.38 bits per heavy atom. The lowest BCUT2D eigenvalue weighted by Gasteiger charge is -1.99. The first kappa shape index (κ1) is 9.53. The van der Waals surface area contributed by atoms with Gasteiger partial charge in [0, 0.05) is 18.2 Å². The Morgan fingerprint density at radius 1 is 1.69 bits per heavy atom. The molecule has 13 heavy (non-hydrogen) atoms. The van der Waals surface area contributed by atoms with Crippen molar-refractivity contribution in [1.29, 1.82) is 0 Å². The normalized spacial score (nSPS) is 12.7. The molecule has 1 aromatic heterocycles. The van der Waals surface area contributed by atoms with E-state index in [9.17, 15) is 9.59 Å². The van der Waals surface area contributed by atoms with E-state index in [1.807, 2.05) is 0 Å². The lowest BCUT2D eigenvalue weighted by Crippen LogP contribution is -2.65. The molecule has 6 heteroatoms. The number of hydrogen-bond donors (Lipinski definition) is 4. The topological polar surface area (TPSA) is 114 Å². The van der Waals surface area contributed by atoms with E-state index in [-0.39, 0.29) is 5.56 Å². The van der Waals surface area contributed by atoms with Gasteiger partial charge in [-0.05, 0) is 6.42 Å². The number of carbonyl (C=O) groups is 1. The number of quaternary nitrogens is 1. The third kappa shape index (κ3) is 2.45. The molecule has 1 unspecified atom stereocenters. The molecule has 0 saturated carbocycles. The number of carboxylic acids is 1. The first-order chi connectivity index (χ1) is 6.11. The molecule has 1 atom stereocenters. The van der Waals surface area contributed by atoms with Crippen LogP contribution in [0, 0.1) is 0 Å². The van der Waals surface area contributed by atoms with Crippen molar-refractivity contribution >= 4 is 5.97 Å². The number of carboxylic acid groups (broad SMARTS) is 1. The Hall–Kier alpha value is -1.56. The van der Waals surface area contributed by atoms with Crippen molar-refractivity contribution < 1.29 is 15.6 Å². The Kier molecular flexibility index (Phi) is 2.86. The summed E-state index contributed by atoms with van der Waals surface area (Å²) in [6.07, 6.45) is 2.34. The Bertz CT molecular complexity index is 341. The molecule has 6 N–H and O–H groups in total. The molecule has 1 rings (SSSR count). The number of hydrogen-bond acceptors (Lipinski definition) is 2. The predicted molar refractivity (Wildman–Crippen MR) is 44.0 cm³/mol. The van der Waals surface area contributed by atoms with Crippen molar-refractivity contribution in [2.75, 3.05) is 0 Å². The van der Waals surface area contributed by atoms with Gasteiger partial charge in [-0.25, -0.2) is 4.79 Å². The van der Waals surface area contributed by atoms with Crippen LogP contribution < -0.4 is 11.3 Å². The third-order valence-corrected chi connectivity index (χ3v) is 1.84. The molecule has 0 amide bonds. The van der Waals surface area contributed by atoms with E-state index < -0.39 is 12.0 Å². The molecule has 1 aromatic rings. The maximum Gasteiger partial charge on any atom is 0.362 e. The van der Waals surface area contributed by atoms with Crippen LogP contribution >= 0.6 is 0 Å². The lowest BCUT2D eigenvalue weighted by atomic mass is 10.1. The molecule has 0 aliphatic heterocycles. The quantitative estimate of drug-likeness (QED) is 0.450. The average Bonchev–Trinajstić information content (AvgIpc) is 2.47.